The average Bonchev–Trinajstić information content (AvgIpc) is 3.20. The number of benzene rings is 1. The first-order valence-electron chi connectivity index (χ1n) is 7.98. The Morgan fingerprint density at radius 1 is 1.23 bits per heavy atom. The quantitative estimate of drug-likeness (QED) is 0.654. The summed E-state index contributed by atoms with van der Waals surface area (Å²) in [5.41, 5.74) is -0.764. The van der Waals surface area contributed by atoms with Crippen LogP contribution in [0.2, 0.25) is 0 Å². The van der Waals surface area contributed by atoms with Gasteiger partial charge in [0.2, 0.25) is 5.76 Å². The van der Waals surface area contributed by atoms with Crippen LogP contribution in [0.15, 0.2) is 40.8 Å². The van der Waals surface area contributed by atoms with Gasteiger partial charge in [-0.05, 0) is 36.2 Å². The van der Waals surface area contributed by atoms with Crippen molar-refractivity contribution in [3.63, 3.8) is 0 Å². The average molecular weight is 360 g/mol. The molecule has 1 aromatic heterocycles. The molecule has 1 aromatic carbocycles. The first-order valence-corrected chi connectivity index (χ1v) is 7.98. The Bertz CT molecular complexity index is 861. The number of amides is 3. The maximum Gasteiger partial charge on any atom is 0.373 e. The number of ether oxygens (including phenoxy) is 1. The van der Waals surface area contributed by atoms with E-state index in [2.05, 4.69) is 10.1 Å². The largest absolute Gasteiger partial charge is 0.463 e. The molecule has 1 saturated heterocycles. The lowest BCUT2D eigenvalue weighted by Gasteiger charge is -2.25. The highest BCUT2D eigenvalue weighted by Crippen LogP contribution is 2.33. The fourth-order valence-corrected chi connectivity index (χ4v) is 2.97. The molecular formula is C18H17FN2O5. The zero-order valence-corrected chi connectivity index (χ0v) is 14.2. The standard InChI is InChI=1S/C18H17FN2O5/c1-3-18(11-4-6-12(19)7-5-11)16(23)21(17(24)20-18)10-13-8-9-14(26-13)15(22)25-2/h4-9H,3,10H2,1-2H3,(H,20,24)/t18-/m1/s1. The second-order valence-electron chi connectivity index (χ2n) is 5.84. The van der Waals surface area contributed by atoms with Gasteiger partial charge in [0, 0.05) is 0 Å². The van der Waals surface area contributed by atoms with Crippen LogP contribution in [0.3, 0.4) is 0 Å². The number of furan rings is 1. The number of imide groups is 1. The summed E-state index contributed by atoms with van der Waals surface area (Å²) in [4.78, 5) is 37.8. The van der Waals surface area contributed by atoms with Crippen molar-refractivity contribution in [3.05, 3.63) is 59.3 Å². The van der Waals surface area contributed by atoms with E-state index in [1.165, 1.54) is 43.5 Å². The Hall–Kier alpha value is -3.16. The van der Waals surface area contributed by atoms with Crippen molar-refractivity contribution in [1.29, 1.82) is 0 Å². The first-order chi connectivity index (χ1) is 12.4. The van der Waals surface area contributed by atoms with E-state index in [1.807, 2.05) is 0 Å². The molecule has 0 bridgehead atoms. The van der Waals surface area contributed by atoms with Crippen molar-refractivity contribution in [2.24, 2.45) is 0 Å². The Morgan fingerprint density at radius 2 is 1.92 bits per heavy atom. The van der Waals surface area contributed by atoms with Gasteiger partial charge < -0.3 is 14.5 Å². The van der Waals surface area contributed by atoms with Gasteiger partial charge in [-0.2, -0.15) is 0 Å². The normalized spacial score (nSPS) is 19.6. The van der Waals surface area contributed by atoms with Crippen LogP contribution in [-0.4, -0.2) is 29.9 Å². The highest BCUT2D eigenvalue weighted by atomic mass is 19.1. The fourth-order valence-electron chi connectivity index (χ4n) is 2.97. The van der Waals surface area contributed by atoms with Gasteiger partial charge in [0.05, 0.1) is 13.7 Å². The zero-order valence-electron chi connectivity index (χ0n) is 14.2. The van der Waals surface area contributed by atoms with Crippen LogP contribution >= 0.6 is 0 Å². The van der Waals surface area contributed by atoms with E-state index in [0.29, 0.717) is 12.0 Å². The monoisotopic (exact) mass is 360 g/mol. The van der Waals surface area contributed by atoms with E-state index in [1.54, 1.807) is 6.92 Å². The smallest absolute Gasteiger partial charge is 0.373 e. The zero-order chi connectivity index (χ0) is 18.9. The molecule has 1 aliphatic rings. The highest BCUT2D eigenvalue weighted by Gasteiger charge is 2.51. The summed E-state index contributed by atoms with van der Waals surface area (Å²) in [6, 6.07) is 7.75. The molecule has 1 N–H and O–H groups in total. The third-order valence-electron chi connectivity index (χ3n) is 4.41. The summed E-state index contributed by atoms with van der Waals surface area (Å²) in [5.74, 6) is -1.30. The Morgan fingerprint density at radius 3 is 2.54 bits per heavy atom. The molecule has 0 aliphatic carbocycles. The Labute approximate surface area is 148 Å². The first kappa shape index (κ1) is 17.7. The summed E-state index contributed by atoms with van der Waals surface area (Å²) in [7, 11) is 1.22. The molecule has 7 nitrogen and oxygen atoms in total. The number of hydrogen-bond donors (Lipinski definition) is 1. The number of carbonyl (C=O) groups is 3. The van der Waals surface area contributed by atoms with Gasteiger partial charge in [-0.15, -0.1) is 0 Å². The lowest BCUT2D eigenvalue weighted by Crippen LogP contribution is -2.43. The van der Waals surface area contributed by atoms with Crippen LogP contribution in [0.5, 0.6) is 0 Å². The van der Waals surface area contributed by atoms with Gasteiger partial charge in [-0.3, -0.25) is 9.69 Å². The van der Waals surface area contributed by atoms with E-state index in [9.17, 15) is 18.8 Å². The molecule has 0 radical (unpaired) electrons. The van der Waals surface area contributed by atoms with E-state index < -0.39 is 29.3 Å². The number of carbonyl (C=O) groups excluding carboxylic acids is 3. The summed E-state index contributed by atoms with van der Waals surface area (Å²) >= 11 is 0. The summed E-state index contributed by atoms with van der Waals surface area (Å²) in [6.07, 6.45) is 0.297. The molecule has 26 heavy (non-hydrogen) atoms. The van der Waals surface area contributed by atoms with Gasteiger partial charge >= 0.3 is 12.0 Å². The fraction of sp³-hybridized carbons (Fsp3) is 0.278. The number of methoxy groups -OCH3 is 1. The van der Waals surface area contributed by atoms with Crippen molar-refractivity contribution in [2.45, 2.75) is 25.4 Å². The number of esters is 1. The van der Waals surface area contributed by atoms with Crippen LogP contribution < -0.4 is 5.32 Å². The summed E-state index contributed by atoms with van der Waals surface area (Å²) in [5, 5.41) is 2.70. The van der Waals surface area contributed by atoms with Gasteiger partial charge in [0.15, 0.2) is 0 Å². The van der Waals surface area contributed by atoms with Gasteiger partial charge in [0.25, 0.3) is 5.91 Å². The molecule has 0 saturated carbocycles. The third kappa shape index (κ3) is 2.83. The van der Waals surface area contributed by atoms with Crippen molar-refractivity contribution in [3.8, 4) is 0 Å². The van der Waals surface area contributed by atoms with E-state index in [4.69, 9.17) is 4.42 Å². The molecule has 2 heterocycles. The molecule has 1 aliphatic heterocycles. The van der Waals surface area contributed by atoms with Crippen LogP contribution in [0, 0.1) is 5.82 Å². The van der Waals surface area contributed by atoms with Crippen molar-refractivity contribution in [1.82, 2.24) is 10.2 Å². The Kier molecular flexibility index (Phi) is 4.50. The van der Waals surface area contributed by atoms with Gasteiger partial charge in [-0.1, -0.05) is 19.1 Å². The minimum atomic E-state index is -1.26. The van der Waals surface area contributed by atoms with Crippen molar-refractivity contribution in [2.75, 3.05) is 7.11 Å². The molecule has 3 rings (SSSR count). The van der Waals surface area contributed by atoms with Crippen LogP contribution in [-0.2, 0) is 21.6 Å². The maximum atomic E-state index is 13.2. The minimum absolute atomic E-state index is 0.0187. The molecule has 2 aromatic rings. The van der Waals surface area contributed by atoms with E-state index in [0.717, 1.165) is 4.90 Å². The van der Waals surface area contributed by atoms with Crippen LogP contribution in [0.4, 0.5) is 9.18 Å². The second-order valence-corrected chi connectivity index (χ2v) is 5.84. The minimum Gasteiger partial charge on any atom is -0.463 e. The van der Waals surface area contributed by atoms with Crippen LogP contribution in [0.1, 0.15) is 35.2 Å². The number of nitrogens with zero attached hydrogens (tertiary/aromatic N) is 1. The lowest BCUT2D eigenvalue weighted by molar-refractivity contribution is -0.132. The van der Waals surface area contributed by atoms with Gasteiger partial charge in [0.1, 0.15) is 17.1 Å². The van der Waals surface area contributed by atoms with Crippen molar-refractivity contribution < 1.29 is 27.9 Å². The number of hydrogen-bond acceptors (Lipinski definition) is 5. The third-order valence-corrected chi connectivity index (χ3v) is 4.41. The second kappa shape index (κ2) is 6.62. The molecule has 136 valence electrons. The van der Waals surface area contributed by atoms with E-state index >= 15 is 0 Å². The molecule has 0 unspecified atom stereocenters. The summed E-state index contributed by atoms with van der Waals surface area (Å²) < 4.78 is 23.1. The van der Waals surface area contributed by atoms with Gasteiger partial charge in [-0.25, -0.2) is 14.0 Å². The number of halogens is 1. The number of urea groups is 1. The predicted octanol–water partition coefficient (Wildman–Crippen LogP) is 2.56. The number of nitrogens with one attached hydrogen (secondary N) is 1. The molecule has 1 fully saturated rings. The van der Waals surface area contributed by atoms with E-state index in [-0.39, 0.29) is 18.1 Å². The molecular weight excluding hydrogens is 343 g/mol. The highest BCUT2D eigenvalue weighted by molar-refractivity contribution is 6.07. The molecule has 8 heteroatoms. The molecule has 1 atom stereocenters. The topological polar surface area (TPSA) is 88.8 Å². The molecule has 0 spiro atoms. The van der Waals surface area contributed by atoms with Crippen LogP contribution in [0.25, 0.3) is 0 Å². The number of rotatable bonds is 5. The van der Waals surface area contributed by atoms with Crippen molar-refractivity contribution >= 4 is 17.9 Å². The Balaban J connectivity index is 1.87. The summed E-state index contributed by atoms with van der Waals surface area (Å²) in [6.45, 7) is 1.62. The molecule has 3 amide bonds. The SMILES string of the molecule is CC[C@]1(c2ccc(F)cc2)NC(=O)N(Cc2ccc(C(=O)OC)o2)C1=O. The lowest BCUT2D eigenvalue weighted by atomic mass is 9.87. The maximum absolute atomic E-state index is 13.2. The predicted molar refractivity (Wildman–Crippen MR) is 87.5 cm³/mol.